The quantitative estimate of drug-likeness (QED) is 0.736. The summed E-state index contributed by atoms with van der Waals surface area (Å²) in [6.45, 7) is 16.2. The number of rotatable bonds is 7. The lowest BCUT2D eigenvalue weighted by molar-refractivity contribution is 0.296. The number of aryl methyl sites for hydroxylation is 1. The van der Waals surface area contributed by atoms with Crippen molar-refractivity contribution in [3.63, 3.8) is 0 Å². The van der Waals surface area contributed by atoms with Crippen LogP contribution < -0.4 is 10.1 Å². The lowest BCUT2D eigenvalue weighted by Crippen LogP contribution is -2.30. The lowest BCUT2D eigenvalue weighted by atomic mass is 9.89. The van der Waals surface area contributed by atoms with Crippen LogP contribution in [0.15, 0.2) is 24.3 Å². The van der Waals surface area contributed by atoms with Crippen molar-refractivity contribution in [3.05, 3.63) is 29.8 Å². The molecule has 0 aromatic heterocycles. The Balaban J connectivity index is 2.32. The number of hydrogen-bond donors (Lipinski definition) is 1. The Morgan fingerprint density at radius 3 is 2.33 bits per heavy atom. The van der Waals surface area contributed by atoms with Crippen LogP contribution in [0.2, 0.25) is 0 Å². The SMILES string of the molecule is CC(C)(C)CCc1cccc(OCCNCC(C)(C)C)c1. The minimum atomic E-state index is 0.326. The van der Waals surface area contributed by atoms with E-state index in [1.54, 1.807) is 0 Å². The highest BCUT2D eigenvalue weighted by Crippen LogP contribution is 2.23. The average molecular weight is 291 g/mol. The number of nitrogens with one attached hydrogen (secondary N) is 1. The zero-order chi connectivity index (χ0) is 15.9. The van der Waals surface area contributed by atoms with Gasteiger partial charge >= 0.3 is 0 Å². The highest BCUT2D eigenvalue weighted by Gasteiger charge is 2.10. The van der Waals surface area contributed by atoms with Gasteiger partial charge in [0.1, 0.15) is 12.4 Å². The van der Waals surface area contributed by atoms with Gasteiger partial charge in [-0.2, -0.15) is 0 Å². The van der Waals surface area contributed by atoms with Gasteiger partial charge < -0.3 is 10.1 Å². The Kier molecular flexibility index (Phi) is 6.73. The summed E-state index contributed by atoms with van der Waals surface area (Å²) in [5.41, 5.74) is 2.07. The fraction of sp³-hybridized carbons (Fsp3) is 0.684. The molecule has 0 amide bonds. The molecule has 0 unspecified atom stereocenters. The molecule has 1 aromatic rings. The topological polar surface area (TPSA) is 21.3 Å². The number of hydrogen-bond acceptors (Lipinski definition) is 2. The predicted molar refractivity (Wildman–Crippen MR) is 92.0 cm³/mol. The van der Waals surface area contributed by atoms with Crippen LogP contribution in [0, 0.1) is 10.8 Å². The molecule has 0 bridgehead atoms. The zero-order valence-corrected chi connectivity index (χ0v) is 14.8. The molecule has 0 saturated heterocycles. The second-order valence-electron chi connectivity index (χ2n) is 8.29. The first-order chi connectivity index (χ1) is 9.66. The van der Waals surface area contributed by atoms with Crippen LogP contribution in [0.3, 0.4) is 0 Å². The molecule has 1 N–H and O–H groups in total. The Labute approximate surface area is 131 Å². The summed E-state index contributed by atoms with van der Waals surface area (Å²) < 4.78 is 5.83. The Bertz CT molecular complexity index is 412. The van der Waals surface area contributed by atoms with E-state index in [0.717, 1.165) is 31.9 Å². The predicted octanol–water partition coefficient (Wildman–Crippen LogP) is 4.68. The third-order valence-electron chi connectivity index (χ3n) is 3.27. The third-order valence-corrected chi connectivity index (χ3v) is 3.27. The van der Waals surface area contributed by atoms with Gasteiger partial charge in [-0.05, 0) is 41.4 Å². The van der Waals surface area contributed by atoms with Crippen molar-refractivity contribution >= 4 is 0 Å². The molecule has 21 heavy (non-hydrogen) atoms. The van der Waals surface area contributed by atoms with Crippen molar-refractivity contribution in [2.24, 2.45) is 10.8 Å². The second-order valence-corrected chi connectivity index (χ2v) is 8.29. The summed E-state index contributed by atoms with van der Waals surface area (Å²) in [6, 6.07) is 8.51. The van der Waals surface area contributed by atoms with Gasteiger partial charge in [-0.15, -0.1) is 0 Å². The number of benzene rings is 1. The van der Waals surface area contributed by atoms with Gasteiger partial charge in [-0.1, -0.05) is 53.7 Å². The highest BCUT2D eigenvalue weighted by atomic mass is 16.5. The third kappa shape index (κ3) is 9.52. The smallest absolute Gasteiger partial charge is 0.119 e. The van der Waals surface area contributed by atoms with Gasteiger partial charge in [0.25, 0.3) is 0 Å². The highest BCUT2D eigenvalue weighted by molar-refractivity contribution is 5.28. The fourth-order valence-corrected chi connectivity index (χ4v) is 2.01. The summed E-state index contributed by atoms with van der Waals surface area (Å²) >= 11 is 0. The maximum absolute atomic E-state index is 5.83. The van der Waals surface area contributed by atoms with Crippen molar-refractivity contribution in [2.45, 2.75) is 54.4 Å². The average Bonchev–Trinajstić information content (AvgIpc) is 2.34. The normalized spacial score (nSPS) is 12.5. The van der Waals surface area contributed by atoms with Crippen LogP contribution in [0.1, 0.15) is 53.5 Å². The first-order valence-corrected chi connectivity index (χ1v) is 8.08. The van der Waals surface area contributed by atoms with Gasteiger partial charge in [0, 0.05) is 13.1 Å². The molecule has 0 aliphatic carbocycles. The molecule has 0 aliphatic rings. The molecule has 2 nitrogen and oxygen atoms in total. The van der Waals surface area contributed by atoms with Gasteiger partial charge in [0.05, 0.1) is 0 Å². The summed E-state index contributed by atoms with van der Waals surface area (Å²) in [4.78, 5) is 0. The lowest BCUT2D eigenvalue weighted by Gasteiger charge is -2.19. The molecule has 0 heterocycles. The molecule has 1 aromatic carbocycles. The van der Waals surface area contributed by atoms with Crippen LogP contribution >= 0.6 is 0 Å². The molecule has 0 spiro atoms. The van der Waals surface area contributed by atoms with Crippen LogP contribution in [0.25, 0.3) is 0 Å². The molecular weight excluding hydrogens is 258 g/mol. The van der Waals surface area contributed by atoms with E-state index in [0.29, 0.717) is 10.8 Å². The number of ether oxygens (including phenoxy) is 1. The monoisotopic (exact) mass is 291 g/mol. The van der Waals surface area contributed by atoms with E-state index in [2.05, 4.69) is 65.1 Å². The Morgan fingerprint density at radius 2 is 1.71 bits per heavy atom. The molecule has 0 fully saturated rings. The van der Waals surface area contributed by atoms with E-state index in [1.807, 2.05) is 6.07 Å². The molecule has 0 saturated carbocycles. The molecule has 120 valence electrons. The van der Waals surface area contributed by atoms with Crippen molar-refractivity contribution < 1.29 is 4.74 Å². The van der Waals surface area contributed by atoms with Gasteiger partial charge in [0.15, 0.2) is 0 Å². The largest absolute Gasteiger partial charge is 0.492 e. The molecule has 0 aliphatic heterocycles. The van der Waals surface area contributed by atoms with Crippen molar-refractivity contribution in [1.82, 2.24) is 5.32 Å². The van der Waals surface area contributed by atoms with E-state index < -0.39 is 0 Å². The van der Waals surface area contributed by atoms with Crippen molar-refractivity contribution in [2.75, 3.05) is 19.7 Å². The van der Waals surface area contributed by atoms with Crippen LogP contribution in [0.4, 0.5) is 0 Å². The molecule has 1 rings (SSSR count). The van der Waals surface area contributed by atoms with E-state index in [9.17, 15) is 0 Å². The molecule has 0 radical (unpaired) electrons. The Morgan fingerprint density at radius 1 is 1.00 bits per heavy atom. The standard InChI is InChI=1S/C19H33NO/c1-18(2,3)11-10-16-8-7-9-17(14-16)21-13-12-20-15-19(4,5)6/h7-9,14,20H,10-13,15H2,1-6H3. The maximum atomic E-state index is 5.83. The summed E-state index contributed by atoms with van der Waals surface area (Å²) in [7, 11) is 0. The molecule has 0 atom stereocenters. The van der Waals surface area contributed by atoms with Crippen molar-refractivity contribution in [1.29, 1.82) is 0 Å². The van der Waals surface area contributed by atoms with Gasteiger partial charge in [-0.3, -0.25) is 0 Å². The minimum absolute atomic E-state index is 0.326. The van der Waals surface area contributed by atoms with Crippen LogP contribution in [-0.4, -0.2) is 19.7 Å². The van der Waals surface area contributed by atoms with Crippen molar-refractivity contribution in [3.8, 4) is 5.75 Å². The first kappa shape index (κ1) is 18.0. The molecular formula is C19H33NO. The molecule has 2 heteroatoms. The van der Waals surface area contributed by atoms with Gasteiger partial charge in [0.2, 0.25) is 0 Å². The fourth-order valence-electron chi connectivity index (χ4n) is 2.01. The first-order valence-electron chi connectivity index (χ1n) is 8.08. The van der Waals surface area contributed by atoms with E-state index in [4.69, 9.17) is 4.74 Å². The van der Waals surface area contributed by atoms with Crippen LogP contribution in [0.5, 0.6) is 5.75 Å². The summed E-state index contributed by atoms with van der Waals surface area (Å²) in [5.74, 6) is 0.985. The summed E-state index contributed by atoms with van der Waals surface area (Å²) in [5, 5.41) is 3.43. The summed E-state index contributed by atoms with van der Waals surface area (Å²) in [6.07, 6.45) is 2.31. The van der Waals surface area contributed by atoms with E-state index in [1.165, 1.54) is 12.0 Å². The maximum Gasteiger partial charge on any atom is 0.119 e. The zero-order valence-electron chi connectivity index (χ0n) is 14.8. The Hall–Kier alpha value is -1.02. The second kappa shape index (κ2) is 7.84. The van der Waals surface area contributed by atoms with E-state index in [-0.39, 0.29) is 0 Å². The van der Waals surface area contributed by atoms with Gasteiger partial charge in [-0.25, -0.2) is 0 Å². The van der Waals surface area contributed by atoms with E-state index >= 15 is 0 Å². The minimum Gasteiger partial charge on any atom is -0.492 e. The van der Waals surface area contributed by atoms with Crippen LogP contribution in [-0.2, 0) is 6.42 Å².